The first kappa shape index (κ1) is 20.4. The predicted molar refractivity (Wildman–Crippen MR) is 96.4 cm³/mol. The fraction of sp³-hybridized carbons (Fsp3) is 0.333. The summed E-state index contributed by atoms with van der Waals surface area (Å²) in [7, 11) is 2.07. The van der Waals surface area contributed by atoms with Crippen molar-refractivity contribution < 1.29 is 24.2 Å². The second-order valence-corrected chi connectivity index (χ2v) is 6.89. The Bertz CT molecular complexity index is 1130. The molecule has 1 N–H and O–H groups in total. The molecule has 0 saturated heterocycles. The fourth-order valence-corrected chi connectivity index (χ4v) is 4.65. The number of fused-ring (bicyclic) bond motifs is 2. The number of ether oxygens (including phenoxy) is 2. The van der Waals surface area contributed by atoms with E-state index in [2.05, 4.69) is 0 Å². The second-order valence-electron chi connectivity index (χ2n) is 6.89. The van der Waals surface area contributed by atoms with Crippen LogP contribution in [0.1, 0.15) is 23.0 Å². The third kappa shape index (κ3) is 2.12. The van der Waals surface area contributed by atoms with E-state index in [-0.39, 0.29) is 11.1 Å². The maximum atomic E-state index is 12.7. The lowest BCUT2D eigenvalue weighted by atomic mass is 9.47. The van der Waals surface area contributed by atoms with E-state index in [1.165, 1.54) is 12.1 Å². The van der Waals surface area contributed by atoms with E-state index in [1.54, 1.807) is 36.4 Å². The number of hydrogen-bond acceptors (Lipinski definition) is 9. The minimum Gasteiger partial charge on any atom is -0.511 e. The number of esters is 2. The molecule has 1 aromatic carbocycles. The van der Waals surface area contributed by atoms with Gasteiger partial charge >= 0.3 is 11.9 Å². The Balaban J connectivity index is 2.65. The first-order valence-corrected chi connectivity index (χ1v) is 8.68. The average Bonchev–Trinajstić information content (AvgIpc) is 2.95. The number of methoxy groups -OCH3 is 2. The molecule has 0 fully saturated rings. The number of carbonyl (C=O) groups is 2. The molecule has 0 spiro atoms. The number of hydrogen-bond donors (Lipinski definition) is 1. The van der Waals surface area contributed by atoms with Crippen LogP contribution in [0.3, 0.4) is 0 Å². The smallest absolute Gasteiger partial charge is 0.337 e. The van der Waals surface area contributed by atoms with E-state index in [4.69, 9.17) is 9.47 Å². The standard InChI is InChI=1S/C21H14N4O5/c1-29-18(27)13-15-11-5-3-4-6-12(11)16(14(17(13)26)19(28)30-2)21(9-24,10-25)20(15,7-22)8-23/h3-6,13,15-16,26H,1-2H3/t13-,15+,16+/m0/s1. The molecule has 0 radical (unpaired) electrons. The first-order valence-electron chi connectivity index (χ1n) is 8.68. The van der Waals surface area contributed by atoms with Crippen molar-refractivity contribution in [1.29, 1.82) is 21.0 Å². The van der Waals surface area contributed by atoms with Gasteiger partial charge in [-0.25, -0.2) is 4.79 Å². The zero-order valence-electron chi connectivity index (χ0n) is 15.9. The molecule has 3 aliphatic rings. The molecule has 3 aliphatic carbocycles. The zero-order valence-corrected chi connectivity index (χ0v) is 15.9. The highest BCUT2D eigenvalue weighted by atomic mass is 16.5. The van der Waals surface area contributed by atoms with Crippen molar-refractivity contribution in [3.8, 4) is 24.3 Å². The summed E-state index contributed by atoms with van der Waals surface area (Å²) in [5, 5.41) is 51.5. The summed E-state index contributed by atoms with van der Waals surface area (Å²) >= 11 is 0. The molecular weight excluding hydrogens is 388 g/mol. The molecule has 9 heteroatoms. The van der Waals surface area contributed by atoms with E-state index in [0.717, 1.165) is 14.2 Å². The first-order chi connectivity index (χ1) is 14.3. The summed E-state index contributed by atoms with van der Waals surface area (Å²) in [6, 6.07) is 13.3. The molecule has 0 saturated carbocycles. The molecule has 0 aliphatic heterocycles. The van der Waals surface area contributed by atoms with E-state index >= 15 is 0 Å². The van der Waals surface area contributed by atoms with Gasteiger partial charge in [-0.15, -0.1) is 0 Å². The number of aliphatic hydroxyl groups excluding tert-OH is 1. The summed E-state index contributed by atoms with van der Waals surface area (Å²) in [4.78, 5) is 25.5. The molecule has 2 bridgehead atoms. The van der Waals surface area contributed by atoms with Crippen LogP contribution in [-0.2, 0) is 19.1 Å². The van der Waals surface area contributed by atoms with Crippen LogP contribution in [0, 0.1) is 62.1 Å². The van der Waals surface area contributed by atoms with Crippen LogP contribution in [-0.4, -0.2) is 31.3 Å². The van der Waals surface area contributed by atoms with Gasteiger partial charge in [0.15, 0.2) is 10.8 Å². The summed E-state index contributed by atoms with van der Waals surface area (Å²) in [6.45, 7) is 0. The number of rotatable bonds is 2. The quantitative estimate of drug-likeness (QED) is 0.724. The molecule has 1 aromatic rings. The number of nitrogens with zero attached hydrogens (tertiary/aromatic N) is 4. The highest BCUT2D eigenvalue weighted by Crippen LogP contribution is 2.67. The molecule has 0 unspecified atom stereocenters. The van der Waals surface area contributed by atoms with Gasteiger partial charge < -0.3 is 14.6 Å². The Morgan fingerprint density at radius 3 is 1.93 bits per heavy atom. The Kier molecular flexibility index (Phi) is 4.71. The molecular formula is C21H14N4O5. The lowest BCUT2D eigenvalue weighted by Crippen LogP contribution is -2.52. The van der Waals surface area contributed by atoms with E-state index in [9.17, 15) is 35.7 Å². The van der Waals surface area contributed by atoms with E-state index < -0.39 is 51.9 Å². The molecule has 9 nitrogen and oxygen atoms in total. The minimum atomic E-state index is -2.42. The van der Waals surface area contributed by atoms with Gasteiger partial charge in [0.1, 0.15) is 11.7 Å². The lowest BCUT2D eigenvalue weighted by Gasteiger charge is -2.46. The topological polar surface area (TPSA) is 168 Å². The number of benzene rings is 1. The van der Waals surface area contributed by atoms with Crippen molar-refractivity contribution in [3.63, 3.8) is 0 Å². The van der Waals surface area contributed by atoms with E-state index in [1.807, 2.05) is 0 Å². The van der Waals surface area contributed by atoms with Gasteiger partial charge in [0, 0.05) is 5.92 Å². The maximum absolute atomic E-state index is 12.7. The normalized spacial score (nSPS) is 24.7. The fourth-order valence-electron chi connectivity index (χ4n) is 4.65. The van der Waals surface area contributed by atoms with Crippen LogP contribution < -0.4 is 0 Å². The third-order valence-electron chi connectivity index (χ3n) is 5.92. The molecule has 0 amide bonds. The molecule has 3 atom stereocenters. The van der Waals surface area contributed by atoms with Crippen molar-refractivity contribution in [2.24, 2.45) is 16.7 Å². The second kappa shape index (κ2) is 6.92. The highest BCUT2D eigenvalue weighted by Gasteiger charge is 2.73. The van der Waals surface area contributed by atoms with Crippen molar-refractivity contribution in [2.45, 2.75) is 11.8 Å². The predicted octanol–water partition coefficient (Wildman–Crippen LogP) is 1.72. The van der Waals surface area contributed by atoms with Crippen LogP contribution >= 0.6 is 0 Å². The Morgan fingerprint density at radius 2 is 1.47 bits per heavy atom. The van der Waals surface area contributed by atoms with Gasteiger partial charge in [0.05, 0.1) is 50.0 Å². The Hall–Kier alpha value is -4.34. The number of carbonyl (C=O) groups excluding carboxylic acids is 2. The van der Waals surface area contributed by atoms with Gasteiger partial charge in [-0.1, -0.05) is 24.3 Å². The van der Waals surface area contributed by atoms with Crippen LogP contribution in [0.15, 0.2) is 35.6 Å². The van der Waals surface area contributed by atoms with Crippen molar-refractivity contribution in [1.82, 2.24) is 0 Å². The summed E-state index contributed by atoms with van der Waals surface area (Å²) in [5.41, 5.74) is -4.80. The minimum absolute atomic E-state index is 0.269. The molecule has 30 heavy (non-hydrogen) atoms. The van der Waals surface area contributed by atoms with Crippen molar-refractivity contribution in [2.75, 3.05) is 14.2 Å². The molecule has 4 rings (SSSR count). The Labute approximate surface area is 171 Å². The van der Waals surface area contributed by atoms with Gasteiger partial charge in [0.25, 0.3) is 0 Å². The number of aliphatic hydroxyl groups is 1. The number of nitriles is 4. The average molecular weight is 402 g/mol. The van der Waals surface area contributed by atoms with Gasteiger partial charge in [-0.05, 0) is 11.1 Å². The van der Waals surface area contributed by atoms with Crippen LogP contribution in [0.25, 0.3) is 0 Å². The third-order valence-corrected chi connectivity index (χ3v) is 5.92. The largest absolute Gasteiger partial charge is 0.511 e. The van der Waals surface area contributed by atoms with Crippen molar-refractivity contribution >= 4 is 11.9 Å². The van der Waals surface area contributed by atoms with Crippen LogP contribution in [0.5, 0.6) is 0 Å². The SMILES string of the molecule is COC(=O)C1=C(O)[C@@H](C(=O)OC)[C@H]2c3ccccc3[C@H]1C(C#N)(C#N)C2(C#N)C#N. The van der Waals surface area contributed by atoms with Crippen LogP contribution in [0.4, 0.5) is 0 Å². The van der Waals surface area contributed by atoms with Gasteiger partial charge in [-0.3, -0.25) is 4.79 Å². The van der Waals surface area contributed by atoms with Gasteiger partial charge in [-0.2, -0.15) is 21.0 Å². The molecule has 0 aromatic heterocycles. The van der Waals surface area contributed by atoms with Crippen LogP contribution in [0.2, 0.25) is 0 Å². The Morgan fingerprint density at radius 1 is 0.933 bits per heavy atom. The van der Waals surface area contributed by atoms with Gasteiger partial charge in [0.2, 0.25) is 0 Å². The van der Waals surface area contributed by atoms with Crippen molar-refractivity contribution in [3.05, 3.63) is 46.7 Å². The lowest BCUT2D eigenvalue weighted by molar-refractivity contribution is -0.146. The van der Waals surface area contributed by atoms with E-state index in [0.29, 0.717) is 0 Å². The maximum Gasteiger partial charge on any atom is 0.337 e. The summed E-state index contributed by atoms with van der Waals surface area (Å²) in [6.07, 6.45) is 0. The zero-order chi connectivity index (χ0) is 22.3. The summed E-state index contributed by atoms with van der Waals surface area (Å²) in [5.74, 6) is -7.56. The molecule has 0 heterocycles. The highest BCUT2D eigenvalue weighted by molar-refractivity contribution is 5.95. The summed E-state index contributed by atoms with van der Waals surface area (Å²) < 4.78 is 9.56. The monoisotopic (exact) mass is 402 g/mol. The molecule has 148 valence electrons.